The molecule has 1 aliphatic rings. The van der Waals surface area contributed by atoms with E-state index in [9.17, 15) is 14.0 Å². The van der Waals surface area contributed by atoms with E-state index in [1.807, 2.05) is 19.1 Å². The fraction of sp³-hybridized carbons (Fsp3) is 0.304. The Kier molecular flexibility index (Phi) is 6.33. The molecular weight excluding hydrogens is 447 g/mol. The molecular formula is C23H24ClFN6O2. The lowest BCUT2D eigenvalue weighted by atomic mass is 10.1. The van der Waals surface area contributed by atoms with E-state index in [-0.39, 0.29) is 35.8 Å². The zero-order valence-corrected chi connectivity index (χ0v) is 19.0. The van der Waals surface area contributed by atoms with Gasteiger partial charge in [-0.3, -0.25) is 14.2 Å². The van der Waals surface area contributed by atoms with E-state index in [0.29, 0.717) is 29.9 Å². The highest BCUT2D eigenvalue weighted by molar-refractivity contribution is 6.30. The van der Waals surface area contributed by atoms with Gasteiger partial charge in [0, 0.05) is 18.8 Å². The van der Waals surface area contributed by atoms with Crippen molar-refractivity contribution in [2.75, 3.05) is 11.1 Å². The maximum Gasteiger partial charge on any atom is 0.294 e. The molecule has 0 aliphatic carbocycles. The summed E-state index contributed by atoms with van der Waals surface area (Å²) in [7, 11) is 0. The minimum Gasteiger partial charge on any atom is -0.384 e. The van der Waals surface area contributed by atoms with Gasteiger partial charge in [-0.05, 0) is 61.6 Å². The summed E-state index contributed by atoms with van der Waals surface area (Å²) in [6.07, 6.45) is 0.902. The summed E-state index contributed by atoms with van der Waals surface area (Å²) in [5.41, 5.74) is 8.76. The van der Waals surface area contributed by atoms with Crippen LogP contribution in [0, 0.1) is 19.7 Å². The molecule has 0 fully saturated rings. The van der Waals surface area contributed by atoms with Crippen LogP contribution in [0.5, 0.6) is 0 Å². The van der Waals surface area contributed by atoms with Crippen LogP contribution in [-0.4, -0.2) is 20.4 Å². The molecule has 0 bridgehead atoms. The van der Waals surface area contributed by atoms with E-state index in [0.717, 1.165) is 16.8 Å². The number of nitrogens with one attached hydrogen (secondary N) is 2. The zero-order valence-electron chi connectivity index (χ0n) is 18.3. The molecule has 0 saturated heterocycles. The molecule has 1 amide bonds. The number of anilines is 2. The number of hydrogen-bond acceptors (Lipinski definition) is 6. The highest BCUT2D eigenvalue weighted by Crippen LogP contribution is 2.29. The van der Waals surface area contributed by atoms with Crippen LogP contribution < -0.4 is 21.9 Å². The van der Waals surface area contributed by atoms with Gasteiger partial charge in [0.05, 0.1) is 5.69 Å². The Hall–Kier alpha value is -3.46. The molecule has 0 unspecified atom stereocenters. The topological polar surface area (TPSA) is 115 Å². The number of carbonyl (C=O) groups excluding carboxylic acids is 1. The molecule has 3 aromatic rings. The average molecular weight is 471 g/mol. The van der Waals surface area contributed by atoms with Crippen molar-refractivity contribution in [2.45, 2.75) is 45.8 Å². The van der Waals surface area contributed by atoms with Gasteiger partial charge in [0.25, 0.3) is 5.56 Å². The van der Waals surface area contributed by atoms with Gasteiger partial charge in [-0.25, -0.2) is 14.4 Å². The summed E-state index contributed by atoms with van der Waals surface area (Å²) in [6.45, 7) is 4.06. The summed E-state index contributed by atoms with van der Waals surface area (Å²) in [5.74, 6) is -0.217. The first-order valence-electron chi connectivity index (χ1n) is 10.5. The summed E-state index contributed by atoms with van der Waals surface area (Å²) in [4.78, 5) is 34.5. The number of pyridine rings is 1. The lowest BCUT2D eigenvalue weighted by Crippen LogP contribution is -2.36. The molecule has 1 atom stereocenters. The molecule has 1 aromatic carbocycles. The maximum atomic E-state index is 13.7. The number of halogens is 2. The first kappa shape index (κ1) is 22.7. The van der Waals surface area contributed by atoms with Gasteiger partial charge in [0.2, 0.25) is 5.91 Å². The lowest BCUT2D eigenvalue weighted by Gasteiger charge is -2.17. The monoisotopic (exact) mass is 470 g/mol. The summed E-state index contributed by atoms with van der Waals surface area (Å²) < 4.78 is 15.1. The van der Waals surface area contributed by atoms with Crippen molar-refractivity contribution in [3.05, 3.63) is 79.7 Å². The van der Waals surface area contributed by atoms with Gasteiger partial charge in [0.1, 0.15) is 17.7 Å². The van der Waals surface area contributed by atoms with Crippen LogP contribution in [0.1, 0.15) is 40.5 Å². The van der Waals surface area contributed by atoms with Crippen molar-refractivity contribution >= 4 is 29.1 Å². The van der Waals surface area contributed by atoms with E-state index in [1.165, 1.54) is 16.7 Å². The Morgan fingerprint density at radius 2 is 2.03 bits per heavy atom. The van der Waals surface area contributed by atoms with Gasteiger partial charge in [-0.15, -0.1) is 0 Å². The van der Waals surface area contributed by atoms with E-state index in [1.54, 1.807) is 13.0 Å². The van der Waals surface area contributed by atoms with Gasteiger partial charge in [0.15, 0.2) is 11.0 Å². The number of hydrogen-bond donors (Lipinski definition) is 3. The molecule has 4 N–H and O–H groups in total. The number of aryl methyl sites for hydroxylation is 2. The van der Waals surface area contributed by atoms with Crippen LogP contribution in [0.3, 0.4) is 0 Å². The molecule has 0 spiro atoms. The third-order valence-electron chi connectivity index (χ3n) is 5.66. The summed E-state index contributed by atoms with van der Waals surface area (Å²) in [6, 6.07) is 7.40. The number of rotatable bonds is 6. The molecule has 172 valence electrons. The van der Waals surface area contributed by atoms with Crippen LogP contribution in [0.15, 0.2) is 35.1 Å². The molecule has 1 aliphatic heterocycles. The third-order valence-corrected chi connectivity index (χ3v) is 5.96. The lowest BCUT2D eigenvalue weighted by molar-refractivity contribution is -0.124. The largest absolute Gasteiger partial charge is 0.384 e. The van der Waals surface area contributed by atoms with E-state index in [2.05, 4.69) is 20.6 Å². The standard InChI is InChI=1S/C23H24ClFN6O2/c1-12-7-14(9-16(25)8-12)10-27-21-23(33)31-17(20(24)30-21)4-5-18(31)22(32)28-11-15-3-6-19(26)29-13(15)2/h3,6-9,18H,4-5,10-11H2,1-2H3,(H2,26,29)(H,27,30)(H,28,32)/t18-/m0/s1. The summed E-state index contributed by atoms with van der Waals surface area (Å²) in [5, 5.41) is 5.98. The minimum atomic E-state index is -0.702. The van der Waals surface area contributed by atoms with Crippen molar-refractivity contribution in [3.63, 3.8) is 0 Å². The quantitative estimate of drug-likeness (QED) is 0.510. The third kappa shape index (κ3) is 4.83. The number of carbonyl (C=O) groups is 1. The zero-order chi connectivity index (χ0) is 23.7. The fourth-order valence-electron chi connectivity index (χ4n) is 4.06. The molecule has 0 radical (unpaired) electrons. The number of nitrogens with zero attached hydrogens (tertiary/aromatic N) is 3. The van der Waals surface area contributed by atoms with E-state index in [4.69, 9.17) is 17.3 Å². The molecule has 8 nitrogen and oxygen atoms in total. The Balaban J connectivity index is 1.53. The number of amides is 1. The number of fused-ring (bicyclic) bond motifs is 1. The normalized spacial score (nSPS) is 14.7. The minimum absolute atomic E-state index is 0.0175. The number of benzene rings is 1. The van der Waals surface area contributed by atoms with Gasteiger partial charge in [-0.2, -0.15) is 0 Å². The molecule has 3 heterocycles. The van der Waals surface area contributed by atoms with Crippen molar-refractivity contribution in [3.8, 4) is 0 Å². The van der Waals surface area contributed by atoms with Gasteiger partial charge >= 0.3 is 0 Å². The number of aromatic nitrogens is 3. The fourth-order valence-corrected chi connectivity index (χ4v) is 4.33. The molecule has 33 heavy (non-hydrogen) atoms. The Bertz CT molecular complexity index is 1270. The molecule has 10 heteroatoms. The van der Waals surface area contributed by atoms with E-state index >= 15 is 0 Å². The molecule has 0 saturated carbocycles. The number of nitrogen functional groups attached to an aromatic ring is 1. The highest BCUT2D eigenvalue weighted by Gasteiger charge is 2.32. The predicted octanol–water partition coefficient (Wildman–Crippen LogP) is 3.05. The molecule has 4 rings (SSSR count). The Labute approximate surface area is 195 Å². The van der Waals surface area contributed by atoms with Crippen molar-refractivity contribution in [1.29, 1.82) is 0 Å². The van der Waals surface area contributed by atoms with Gasteiger partial charge < -0.3 is 16.4 Å². The average Bonchev–Trinajstić information content (AvgIpc) is 3.20. The second kappa shape index (κ2) is 9.19. The molecule has 2 aromatic heterocycles. The van der Waals surface area contributed by atoms with Crippen molar-refractivity contribution < 1.29 is 9.18 Å². The number of nitrogens with two attached hydrogens (primary N) is 1. The second-order valence-corrected chi connectivity index (χ2v) is 8.47. The van der Waals surface area contributed by atoms with Crippen molar-refractivity contribution in [2.24, 2.45) is 0 Å². The van der Waals surface area contributed by atoms with Crippen LogP contribution in [-0.2, 0) is 24.3 Å². The first-order chi connectivity index (χ1) is 15.7. The maximum absolute atomic E-state index is 13.7. The predicted molar refractivity (Wildman–Crippen MR) is 125 cm³/mol. The van der Waals surface area contributed by atoms with Crippen LogP contribution in [0.25, 0.3) is 0 Å². The summed E-state index contributed by atoms with van der Waals surface area (Å²) >= 11 is 6.33. The Morgan fingerprint density at radius 3 is 2.76 bits per heavy atom. The smallest absolute Gasteiger partial charge is 0.294 e. The first-order valence-corrected chi connectivity index (χ1v) is 10.9. The van der Waals surface area contributed by atoms with E-state index < -0.39 is 11.6 Å². The Morgan fingerprint density at radius 1 is 1.24 bits per heavy atom. The van der Waals surface area contributed by atoms with Crippen LogP contribution in [0.4, 0.5) is 16.0 Å². The van der Waals surface area contributed by atoms with Crippen LogP contribution >= 0.6 is 11.6 Å². The SMILES string of the molecule is Cc1cc(F)cc(CNc2nc(Cl)c3n(c2=O)[C@H](C(=O)NCc2ccc(N)nc2C)CC3)c1. The van der Waals surface area contributed by atoms with Crippen molar-refractivity contribution in [1.82, 2.24) is 19.9 Å². The highest BCUT2D eigenvalue weighted by atomic mass is 35.5. The van der Waals surface area contributed by atoms with Crippen LogP contribution in [0.2, 0.25) is 5.15 Å². The second-order valence-electron chi connectivity index (χ2n) is 8.12. The van der Waals surface area contributed by atoms with Gasteiger partial charge in [-0.1, -0.05) is 23.7 Å².